The van der Waals surface area contributed by atoms with Crippen molar-refractivity contribution < 1.29 is 22.7 Å². The second kappa shape index (κ2) is 8.10. The van der Waals surface area contributed by atoms with Crippen molar-refractivity contribution in [3.8, 4) is 0 Å². The van der Waals surface area contributed by atoms with Gasteiger partial charge in [-0.1, -0.05) is 6.92 Å². The van der Waals surface area contributed by atoms with E-state index in [-0.39, 0.29) is 17.8 Å². The summed E-state index contributed by atoms with van der Waals surface area (Å²) in [6.45, 7) is 3.29. The molecule has 0 aromatic carbocycles. The van der Waals surface area contributed by atoms with Gasteiger partial charge in [-0.2, -0.15) is 0 Å². The highest BCUT2D eigenvalue weighted by molar-refractivity contribution is 7.90. The average molecular weight is 346 g/mol. The number of likely N-dealkylation sites (tertiary alicyclic amines) is 1. The molecular weight excluding hydrogens is 320 g/mol. The van der Waals surface area contributed by atoms with Crippen molar-refractivity contribution in [1.82, 2.24) is 9.62 Å². The molecule has 0 bridgehead atoms. The molecule has 0 aromatic rings. The second-order valence-electron chi connectivity index (χ2n) is 6.27. The maximum absolute atomic E-state index is 12.2. The van der Waals surface area contributed by atoms with Crippen LogP contribution in [0.1, 0.15) is 45.4 Å². The molecule has 1 N–H and O–H groups in total. The first-order chi connectivity index (χ1) is 10.9. The van der Waals surface area contributed by atoms with Gasteiger partial charge in [-0.25, -0.2) is 8.42 Å². The first-order valence-electron chi connectivity index (χ1n) is 8.35. The molecule has 2 aliphatic rings. The van der Waals surface area contributed by atoms with Crippen LogP contribution in [0.4, 0.5) is 0 Å². The van der Waals surface area contributed by atoms with Crippen LogP contribution in [-0.2, 0) is 24.3 Å². The van der Waals surface area contributed by atoms with Gasteiger partial charge in [0.25, 0.3) is 0 Å². The Hall–Kier alpha value is -1.15. The number of hydrogen-bond acceptors (Lipinski definition) is 5. The number of amides is 2. The molecule has 2 rings (SSSR count). The smallest absolute Gasteiger partial charge is 0.238 e. The summed E-state index contributed by atoms with van der Waals surface area (Å²) in [5.41, 5.74) is 0. The van der Waals surface area contributed by atoms with Crippen molar-refractivity contribution in [2.45, 2.75) is 51.6 Å². The molecule has 0 spiro atoms. The Bertz CT molecular complexity index is 528. The number of ether oxygens (including phenoxy) is 1. The fourth-order valence-electron chi connectivity index (χ4n) is 3.10. The zero-order chi connectivity index (χ0) is 16.9. The number of rotatable bonds is 5. The Balaban J connectivity index is 1.88. The molecule has 0 aromatic heterocycles. The van der Waals surface area contributed by atoms with Crippen molar-refractivity contribution in [2.75, 3.05) is 25.4 Å². The van der Waals surface area contributed by atoms with E-state index in [0.29, 0.717) is 39.0 Å². The molecule has 2 heterocycles. The van der Waals surface area contributed by atoms with E-state index in [1.165, 1.54) is 0 Å². The van der Waals surface area contributed by atoms with E-state index in [2.05, 4.69) is 4.72 Å². The maximum Gasteiger partial charge on any atom is 0.238 e. The highest BCUT2D eigenvalue weighted by Gasteiger charge is 2.31. The van der Waals surface area contributed by atoms with Crippen molar-refractivity contribution in [2.24, 2.45) is 5.92 Å². The van der Waals surface area contributed by atoms with Gasteiger partial charge in [0.2, 0.25) is 21.8 Å². The molecule has 2 saturated heterocycles. The lowest BCUT2D eigenvalue weighted by molar-refractivity contribution is -0.134. The molecule has 0 radical (unpaired) electrons. The van der Waals surface area contributed by atoms with E-state index in [4.69, 9.17) is 4.74 Å². The van der Waals surface area contributed by atoms with Crippen molar-refractivity contribution in [1.29, 1.82) is 0 Å². The molecule has 2 aliphatic heterocycles. The third kappa shape index (κ3) is 5.46. The summed E-state index contributed by atoms with van der Waals surface area (Å²) in [5.74, 6) is -1.14. The second-order valence-corrected chi connectivity index (χ2v) is 8.04. The SMILES string of the molecule is CCC(=O)N1CCC[C@H](C(=O)NS(=O)(=O)C[C@H]2CCCCO2)C1. The molecule has 0 unspecified atom stereocenters. The third-order valence-corrected chi connectivity index (χ3v) is 5.71. The van der Waals surface area contributed by atoms with Gasteiger partial charge in [0.05, 0.1) is 17.8 Å². The standard InChI is InChI=1S/C15H26N2O5S/c1-2-14(18)17-8-5-6-12(10-17)15(19)16-23(20,21)11-13-7-3-4-9-22-13/h12-13H,2-11H2,1H3,(H,16,19)/t12-,13+/m0/s1. The minimum Gasteiger partial charge on any atom is -0.377 e. The lowest BCUT2D eigenvalue weighted by Crippen LogP contribution is -2.47. The number of nitrogens with zero attached hydrogens (tertiary/aromatic N) is 1. The maximum atomic E-state index is 12.2. The minimum atomic E-state index is -3.70. The zero-order valence-electron chi connectivity index (χ0n) is 13.6. The quantitative estimate of drug-likeness (QED) is 0.789. The number of hydrogen-bond donors (Lipinski definition) is 1. The van der Waals surface area contributed by atoms with Crippen LogP contribution in [-0.4, -0.2) is 56.7 Å². The number of carbonyl (C=O) groups excluding carboxylic acids is 2. The molecule has 2 fully saturated rings. The molecular formula is C15H26N2O5S. The summed E-state index contributed by atoms with van der Waals surface area (Å²) in [7, 11) is -3.70. The third-order valence-electron chi connectivity index (χ3n) is 4.38. The van der Waals surface area contributed by atoms with Crippen LogP contribution in [0.3, 0.4) is 0 Å². The summed E-state index contributed by atoms with van der Waals surface area (Å²) in [6.07, 6.45) is 3.99. The van der Waals surface area contributed by atoms with Gasteiger partial charge in [-0.15, -0.1) is 0 Å². The molecule has 7 nitrogen and oxygen atoms in total. The average Bonchev–Trinajstić information content (AvgIpc) is 2.54. The fourth-order valence-corrected chi connectivity index (χ4v) is 4.41. The summed E-state index contributed by atoms with van der Waals surface area (Å²) < 4.78 is 31.8. The highest BCUT2D eigenvalue weighted by atomic mass is 32.2. The van der Waals surface area contributed by atoms with Crippen molar-refractivity contribution >= 4 is 21.8 Å². The van der Waals surface area contributed by atoms with Crippen molar-refractivity contribution in [3.05, 3.63) is 0 Å². The summed E-state index contributed by atoms with van der Waals surface area (Å²) in [4.78, 5) is 25.6. The zero-order valence-corrected chi connectivity index (χ0v) is 14.4. The van der Waals surface area contributed by atoms with Crippen LogP contribution in [0.2, 0.25) is 0 Å². The fraction of sp³-hybridized carbons (Fsp3) is 0.867. The van der Waals surface area contributed by atoms with E-state index >= 15 is 0 Å². The van der Waals surface area contributed by atoms with Gasteiger partial charge >= 0.3 is 0 Å². The van der Waals surface area contributed by atoms with Crippen molar-refractivity contribution in [3.63, 3.8) is 0 Å². The topological polar surface area (TPSA) is 92.8 Å². The van der Waals surface area contributed by atoms with Crippen LogP contribution in [0.25, 0.3) is 0 Å². The Morgan fingerprint density at radius 3 is 2.65 bits per heavy atom. The Morgan fingerprint density at radius 1 is 1.22 bits per heavy atom. The van der Waals surface area contributed by atoms with Gasteiger partial charge in [0.1, 0.15) is 0 Å². The van der Waals surface area contributed by atoms with E-state index in [1.54, 1.807) is 11.8 Å². The Labute approximate surface area is 137 Å². The van der Waals surface area contributed by atoms with E-state index < -0.39 is 21.8 Å². The minimum absolute atomic E-state index is 0.000891. The number of nitrogens with one attached hydrogen (secondary N) is 1. The van der Waals surface area contributed by atoms with Crippen LogP contribution in [0, 0.1) is 5.92 Å². The predicted molar refractivity (Wildman–Crippen MR) is 85.1 cm³/mol. The highest BCUT2D eigenvalue weighted by Crippen LogP contribution is 2.18. The molecule has 2 amide bonds. The van der Waals surface area contributed by atoms with Gasteiger partial charge in [0.15, 0.2) is 0 Å². The van der Waals surface area contributed by atoms with E-state index in [1.807, 2.05) is 0 Å². The summed E-state index contributed by atoms with van der Waals surface area (Å²) in [5, 5.41) is 0. The Kier molecular flexibility index (Phi) is 6.41. The first kappa shape index (κ1) is 18.2. The number of piperidine rings is 1. The summed E-state index contributed by atoms with van der Waals surface area (Å²) >= 11 is 0. The summed E-state index contributed by atoms with van der Waals surface area (Å²) in [6, 6.07) is 0. The molecule has 8 heteroatoms. The normalized spacial score (nSPS) is 25.9. The predicted octanol–water partition coefficient (Wildman–Crippen LogP) is 0.650. The monoisotopic (exact) mass is 346 g/mol. The number of sulfonamides is 1. The van der Waals surface area contributed by atoms with Crippen LogP contribution >= 0.6 is 0 Å². The van der Waals surface area contributed by atoms with Crippen LogP contribution in [0.5, 0.6) is 0 Å². The van der Waals surface area contributed by atoms with E-state index in [9.17, 15) is 18.0 Å². The van der Waals surface area contributed by atoms with E-state index in [0.717, 1.165) is 19.3 Å². The van der Waals surface area contributed by atoms with Gasteiger partial charge in [0, 0.05) is 26.1 Å². The van der Waals surface area contributed by atoms with Gasteiger partial charge in [-0.3, -0.25) is 14.3 Å². The Morgan fingerprint density at radius 2 is 2.00 bits per heavy atom. The van der Waals surface area contributed by atoms with Gasteiger partial charge in [-0.05, 0) is 32.1 Å². The number of carbonyl (C=O) groups is 2. The molecule has 2 atom stereocenters. The van der Waals surface area contributed by atoms with Crippen LogP contribution in [0.15, 0.2) is 0 Å². The molecule has 132 valence electrons. The van der Waals surface area contributed by atoms with Gasteiger partial charge < -0.3 is 9.64 Å². The lowest BCUT2D eigenvalue weighted by Gasteiger charge is -2.32. The molecule has 0 saturated carbocycles. The first-order valence-corrected chi connectivity index (χ1v) is 10.00. The lowest BCUT2D eigenvalue weighted by atomic mass is 9.97. The molecule has 0 aliphatic carbocycles. The largest absolute Gasteiger partial charge is 0.377 e. The molecule has 23 heavy (non-hydrogen) atoms. The van der Waals surface area contributed by atoms with Crippen LogP contribution < -0.4 is 4.72 Å².